The fourth-order valence-corrected chi connectivity index (χ4v) is 1.55. The number of hydrazine groups is 1. The molecule has 1 aliphatic rings. The maximum Gasteiger partial charge on any atom is 0.327 e. The van der Waals surface area contributed by atoms with E-state index in [2.05, 4.69) is 9.74 Å². The van der Waals surface area contributed by atoms with Crippen LogP contribution >= 0.6 is 0 Å². The third-order valence-corrected chi connectivity index (χ3v) is 2.25. The second-order valence-corrected chi connectivity index (χ2v) is 3.24. The van der Waals surface area contributed by atoms with E-state index in [4.69, 9.17) is 5.84 Å². The van der Waals surface area contributed by atoms with E-state index >= 15 is 0 Å². The summed E-state index contributed by atoms with van der Waals surface area (Å²) in [6.45, 7) is 2.98. The molecule has 0 amide bonds. The first kappa shape index (κ1) is 10.4. The molecule has 0 unspecified atom stereocenters. The molecule has 0 aromatic carbocycles. The van der Waals surface area contributed by atoms with Gasteiger partial charge in [0, 0.05) is 6.54 Å². The fraction of sp³-hybridized carbons (Fsp3) is 0.875. The lowest BCUT2D eigenvalue weighted by Gasteiger charge is -2.25. The molecule has 1 saturated heterocycles. The van der Waals surface area contributed by atoms with Crippen LogP contribution in [0.15, 0.2) is 0 Å². The molecule has 1 fully saturated rings. The third kappa shape index (κ3) is 4.21. The highest BCUT2D eigenvalue weighted by molar-refractivity contribution is 5.69. The standard InChI is InChI=1S/C8H17N3O2/c9-10-13-8(12)4-7-11-5-2-1-3-6-11/h10H,1-7,9H2. The number of rotatable bonds is 4. The summed E-state index contributed by atoms with van der Waals surface area (Å²) in [4.78, 5) is 17.6. The Morgan fingerprint density at radius 1 is 1.38 bits per heavy atom. The van der Waals surface area contributed by atoms with Crippen molar-refractivity contribution >= 4 is 5.97 Å². The molecular weight excluding hydrogens is 170 g/mol. The largest absolute Gasteiger partial charge is 0.356 e. The molecule has 0 aromatic heterocycles. The molecule has 76 valence electrons. The number of nitrogens with two attached hydrogens (primary N) is 1. The number of hydrogen-bond acceptors (Lipinski definition) is 5. The van der Waals surface area contributed by atoms with Crippen LogP contribution in [0.25, 0.3) is 0 Å². The number of likely N-dealkylation sites (tertiary alicyclic amines) is 1. The van der Waals surface area contributed by atoms with Gasteiger partial charge in [-0.3, -0.25) is 4.79 Å². The van der Waals surface area contributed by atoms with Crippen LogP contribution in [0.3, 0.4) is 0 Å². The number of nitrogens with one attached hydrogen (secondary N) is 1. The van der Waals surface area contributed by atoms with Crippen molar-refractivity contribution in [2.75, 3.05) is 19.6 Å². The highest BCUT2D eigenvalue weighted by Crippen LogP contribution is 2.08. The summed E-state index contributed by atoms with van der Waals surface area (Å²) in [5, 5.41) is 0. The topological polar surface area (TPSA) is 67.6 Å². The van der Waals surface area contributed by atoms with Gasteiger partial charge < -0.3 is 9.74 Å². The van der Waals surface area contributed by atoms with Gasteiger partial charge in [-0.2, -0.15) is 0 Å². The van der Waals surface area contributed by atoms with Crippen LogP contribution in [0, 0.1) is 0 Å². The summed E-state index contributed by atoms with van der Waals surface area (Å²) < 4.78 is 0. The van der Waals surface area contributed by atoms with Gasteiger partial charge in [-0.25, -0.2) is 5.84 Å². The zero-order chi connectivity index (χ0) is 9.52. The van der Waals surface area contributed by atoms with E-state index in [1.165, 1.54) is 19.3 Å². The Labute approximate surface area is 78.1 Å². The van der Waals surface area contributed by atoms with Gasteiger partial charge in [0.15, 0.2) is 0 Å². The minimum absolute atomic E-state index is 0.298. The number of hydrogen-bond donors (Lipinski definition) is 2. The van der Waals surface area contributed by atoms with E-state index in [-0.39, 0.29) is 5.97 Å². The van der Waals surface area contributed by atoms with Gasteiger partial charge in [0.25, 0.3) is 0 Å². The Morgan fingerprint density at radius 2 is 2.08 bits per heavy atom. The Morgan fingerprint density at radius 3 is 2.69 bits per heavy atom. The van der Waals surface area contributed by atoms with Gasteiger partial charge in [0.1, 0.15) is 0 Å². The monoisotopic (exact) mass is 187 g/mol. The molecule has 0 saturated carbocycles. The molecule has 5 nitrogen and oxygen atoms in total. The highest BCUT2D eigenvalue weighted by atomic mass is 16.7. The fourth-order valence-electron chi connectivity index (χ4n) is 1.55. The van der Waals surface area contributed by atoms with Crippen molar-refractivity contribution in [2.24, 2.45) is 5.84 Å². The highest BCUT2D eigenvalue weighted by Gasteiger charge is 2.11. The summed E-state index contributed by atoms with van der Waals surface area (Å²) >= 11 is 0. The number of carbonyl (C=O) groups excluding carboxylic acids is 1. The normalized spacial score (nSPS) is 18.5. The zero-order valence-corrected chi connectivity index (χ0v) is 7.79. The van der Waals surface area contributed by atoms with Crippen molar-refractivity contribution < 1.29 is 9.63 Å². The van der Waals surface area contributed by atoms with Crippen LogP contribution in [-0.2, 0) is 9.63 Å². The van der Waals surface area contributed by atoms with E-state index in [1.54, 1.807) is 0 Å². The lowest BCUT2D eigenvalue weighted by molar-refractivity contribution is -0.151. The Bertz CT molecular complexity index is 157. The zero-order valence-electron chi connectivity index (χ0n) is 7.79. The number of nitrogens with zero attached hydrogens (tertiary/aromatic N) is 1. The summed E-state index contributed by atoms with van der Waals surface area (Å²) in [7, 11) is 0. The minimum Gasteiger partial charge on any atom is -0.356 e. The van der Waals surface area contributed by atoms with Gasteiger partial charge in [-0.05, 0) is 25.9 Å². The van der Waals surface area contributed by atoms with Crippen molar-refractivity contribution in [3.05, 3.63) is 0 Å². The Hall–Kier alpha value is -0.650. The van der Waals surface area contributed by atoms with E-state index in [0.29, 0.717) is 6.42 Å². The van der Waals surface area contributed by atoms with E-state index in [1.807, 2.05) is 5.59 Å². The Kier molecular flexibility index (Phi) is 4.74. The second kappa shape index (κ2) is 5.90. The van der Waals surface area contributed by atoms with Gasteiger partial charge in [-0.1, -0.05) is 12.0 Å². The van der Waals surface area contributed by atoms with Crippen molar-refractivity contribution in [3.63, 3.8) is 0 Å². The van der Waals surface area contributed by atoms with Gasteiger partial charge >= 0.3 is 5.97 Å². The Balaban J connectivity index is 2.06. The van der Waals surface area contributed by atoms with E-state index in [0.717, 1.165) is 19.6 Å². The van der Waals surface area contributed by atoms with E-state index in [9.17, 15) is 4.79 Å². The lowest BCUT2D eigenvalue weighted by atomic mass is 10.1. The molecule has 0 aromatic rings. The molecule has 3 N–H and O–H groups in total. The summed E-state index contributed by atoms with van der Waals surface area (Å²) in [5.41, 5.74) is 1.89. The molecule has 0 radical (unpaired) electrons. The third-order valence-electron chi connectivity index (χ3n) is 2.25. The van der Waals surface area contributed by atoms with Gasteiger partial charge in [0.05, 0.1) is 6.42 Å². The molecule has 1 heterocycles. The molecule has 13 heavy (non-hydrogen) atoms. The second-order valence-electron chi connectivity index (χ2n) is 3.24. The van der Waals surface area contributed by atoms with Crippen LogP contribution in [0.1, 0.15) is 25.7 Å². The molecule has 1 aliphatic heterocycles. The maximum atomic E-state index is 10.9. The minimum atomic E-state index is -0.298. The first-order chi connectivity index (χ1) is 6.33. The molecule has 0 spiro atoms. The molecule has 0 atom stereocenters. The van der Waals surface area contributed by atoms with Crippen LogP contribution in [0.2, 0.25) is 0 Å². The SMILES string of the molecule is NNOC(=O)CCN1CCCCC1. The summed E-state index contributed by atoms with van der Waals surface area (Å²) in [6.07, 6.45) is 4.20. The molecule has 0 bridgehead atoms. The van der Waals surface area contributed by atoms with Crippen LogP contribution in [-0.4, -0.2) is 30.5 Å². The predicted octanol–water partition coefficient (Wildman–Crippen LogP) is -0.216. The number of carbonyl (C=O) groups is 1. The van der Waals surface area contributed by atoms with Gasteiger partial charge in [-0.15, -0.1) is 0 Å². The van der Waals surface area contributed by atoms with Crippen molar-refractivity contribution in [1.82, 2.24) is 10.5 Å². The van der Waals surface area contributed by atoms with Crippen molar-refractivity contribution in [3.8, 4) is 0 Å². The first-order valence-corrected chi connectivity index (χ1v) is 4.70. The summed E-state index contributed by atoms with van der Waals surface area (Å²) in [5.74, 6) is 4.53. The predicted molar refractivity (Wildman–Crippen MR) is 48.3 cm³/mol. The van der Waals surface area contributed by atoms with Crippen molar-refractivity contribution in [2.45, 2.75) is 25.7 Å². The van der Waals surface area contributed by atoms with Crippen LogP contribution in [0.5, 0.6) is 0 Å². The lowest BCUT2D eigenvalue weighted by Crippen LogP contribution is -2.33. The molecular formula is C8H17N3O2. The van der Waals surface area contributed by atoms with Crippen LogP contribution in [0.4, 0.5) is 0 Å². The average molecular weight is 187 g/mol. The first-order valence-electron chi connectivity index (χ1n) is 4.70. The maximum absolute atomic E-state index is 10.9. The smallest absolute Gasteiger partial charge is 0.327 e. The molecule has 0 aliphatic carbocycles. The van der Waals surface area contributed by atoms with Gasteiger partial charge in [0.2, 0.25) is 0 Å². The van der Waals surface area contributed by atoms with E-state index < -0.39 is 0 Å². The number of piperidine rings is 1. The summed E-state index contributed by atoms with van der Waals surface area (Å²) in [6, 6.07) is 0. The molecule has 5 heteroatoms. The van der Waals surface area contributed by atoms with Crippen LogP contribution < -0.4 is 11.4 Å². The quantitative estimate of drug-likeness (QED) is 0.470. The average Bonchev–Trinajstić information content (AvgIpc) is 2.17. The van der Waals surface area contributed by atoms with Crippen molar-refractivity contribution in [1.29, 1.82) is 0 Å². The molecule has 1 rings (SSSR count).